The number of rotatable bonds is 7. The van der Waals surface area contributed by atoms with Crippen LogP contribution >= 0.6 is 0 Å². The van der Waals surface area contributed by atoms with E-state index >= 15 is 0 Å². The van der Waals surface area contributed by atoms with Gasteiger partial charge < -0.3 is 15.5 Å². The van der Waals surface area contributed by atoms with Gasteiger partial charge in [-0.25, -0.2) is 0 Å². The largest absolute Gasteiger partial charge is 0.345 e. The van der Waals surface area contributed by atoms with Gasteiger partial charge in [0.2, 0.25) is 17.7 Å². The fourth-order valence-corrected chi connectivity index (χ4v) is 2.24. The number of carbonyl (C=O) groups excluding carboxylic acids is 3. The molecule has 2 N–H and O–H groups in total. The summed E-state index contributed by atoms with van der Waals surface area (Å²) in [6.07, 6.45) is 2.29. The van der Waals surface area contributed by atoms with Crippen LogP contribution in [0, 0.1) is 6.92 Å². The van der Waals surface area contributed by atoms with Crippen molar-refractivity contribution in [2.24, 2.45) is 0 Å². The Morgan fingerprint density at radius 3 is 2.35 bits per heavy atom. The molecule has 0 aromatic heterocycles. The molecule has 0 saturated heterocycles. The van der Waals surface area contributed by atoms with Crippen LogP contribution in [-0.2, 0) is 14.4 Å². The highest BCUT2D eigenvalue weighted by atomic mass is 16.2. The van der Waals surface area contributed by atoms with E-state index in [1.54, 1.807) is 11.8 Å². The second-order valence-electron chi connectivity index (χ2n) is 5.80. The number of benzene rings is 1. The van der Waals surface area contributed by atoms with Gasteiger partial charge in [0, 0.05) is 18.2 Å². The van der Waals surface area contributed by atoms with Crippen molar-refractivity contribution in [2.75, 3.05) is 18.4 Å². The van der Waals surface area contributed by atoms with E-state index < -0.39 is 0 Å². The number of aryl methyl sites for hydroxylation is 1. The Morgan fingerprint density at radius 1 is 1.13 bits per heavy atom. The van der Waals surface area contributed by atoms with Crippen molar-refractivity contribution >= 4 is 23.4 Å². The van der Waals surface area contributed by atoms with E-state index in [1.807, 2.05) is 31.2 Å². The minimum Gasteiger partial charge on any atom is -0.345 e. The van der Waals surface area contributed by atoms with Crippen LogP contribution in [0.15, 0.2) is 24.3 Å². The summed E-state index contributed by atoms with van der Waals surface area (Å²) in [5, 5.41) is 5.27. The molecule has 0 radical (unpaired) electrons. The second-order valence-corrected chi connectivity index (χ2v) is 5.80. The third-order valence-corrected chi connectivity index (χ3v) is 3.71. The Labute approximate surface area is 136 Å². The van der Waals surface area contributed by atoms with Gasteiger partial charge in [-0.2, -0.15) is 0 Å². The number of nitrogens with one attached hydrogen (secondary N) is 2. The highest BCUT2D eigenvalue weighted by molar-refractivity contribution is 5.95. The van der Waals surface area contributed by atoms with Gasteiger partial charge in [-0.15, -0.1) is 0 Å². The predicted molar refractivity (Wildman–Crippen MR) is 87.8 cm³/mol. The molecule has 1 aliphatic carbocycles. The van der Waals surface area contributed by atoms with E-state index in [4.69, 9.17) is 0 Å². The fraction of sp³-hybridized carbons (Fsp3) is 0.471. The first-order valence-electron chi connectivity index (χ1n) is 7.92. The van der Waals surface area contributed by atoms with Crippen LogP contribution in [0.3, 0.4) is 0 Å². The van der Waals surface area contributed by atoms with Gasteiger partial charge in [0.25, 0.3) is 0 Å². The molecule has 1 aromatic rings. The van der Waals surface area contributed by atoms with Gasteiger partial charge in [0.05, 0.1) is 13.1 Å². The molecule has 1 aliphatic rings. The van der Waals surface area contributed by atoms with E-state index in [0.29, 0.717) is 12.1 Å². The number of amides is 3. The predicted octanol–water partition coefficient (Wildman–Crippen LogP) is 1.45. The smallest absolute Gasteiger partial charge is 0.243 e. The quantitative estimate of drug-likeness (QED) is 0.799. The Morgan fingerprint density at radius 2 is 1.78 bits per heavy atom. The second kappa shape index (κ2) is 7.76. The Hall–Kier alpha value is -2.37. The average molecular weight is 317 g/mol. The van der Waals surface area contributed by atoms with Crippen molar-refractivity contribution in [3.8, 4) is 0 Å². The molecule has 1 aromatic carbocycles. The molecule has 6 nitrogen and oxygen atoms in total. The van der Waals surface area contributed by atoms with Crippen LogP contribution in [0.2, 0.25) is 0 Å². The van der Waals surface area contributed by atoms with Crippen molar-refractivity contribution in [3.63, 3.8) is 0 Å². The molecule has 6 heteroatoms. The molecule has 0 atom stereocenters. The van der Waals surface area contributed by atoms with E-state index in [2.05, 4.69) is 10.6 Å². The molecule has 0 bridgehead atoms. The maximum Gasteiger partial charge on any atom is 0.243 e. The van der Waals surface area contributed by atoms with Crippen molar-refractivity contribution in [1.82, 2.24) is 10.2 Å². The lowest BCUT2D eigenvalue weighted by atomic mass is 10.2. The van der Waals surface area contributed by atoms with E-state index in [9.17, 15) is 14.4 Å². The first kappa shape index (κ1) is 17.0. The molecule has 1 saturated carbocycles. The Kier molecular flexibility index (Phi) is 5.73. The van der Waals surface area contributed by atoms with Gasteiger partial charge in [-0.1, -0.05) is 24.6 Å². The summed E-state index contributed by atoms with van der Waals surface area (Å²) < 4.78 is 0. The minimum atomic E-state index is -0.308. The lowest BCUT2D eigenvalue weighted by Gasteiger charge is -2.21. The Balaban J connectivity index is 1.75. The van der Waals surface area contributed by atoms with Gasteiger partial charge >= 0.3 is 0 Å². The lowest BCUT2D eigenvalue weighted by Crippen LogP contribution is -2.43. The number of carbonyl (C=O) groups is 3. The lowest BCUT2D eigenvalue weighted by molar-refractivity contribution is -0.136. The maximum absolute atomic E-state index is 11.9. The zero-order chi connectivity index (χ0) is 16.8. The highest BCUT2D eigenvalue weighted by Crippen LogP contribution is 2.26. The molecule has 3 amide bonds. The standard InChI is InChI=1S/C17H23N3O3/c1-3-17(23)20(14-8-9-14)11-16(22)18-10-15(21)19-13-6-4-12(2)5-7-13/h4-7,14H,3,8-11H2,1-2H3,(H,18,22)(H,19,21). The van der Waals surface area contributed by atoms with E-state index in [1.165, 1.54) is 0 Å². The van der Waals surface area contributed by atoms with E-state index in [-0.39, 0.29) is 36.9 Å². The summed E-state index contributed by atoms with van der Waals surface area (Å²) >= 11 is 0. The third kappa shape index (κ3) is 5.39. The summed E-state index contributed by atoms with van der Waals surface area (Å²) in [6.45, 7) is 3.67. The zero-order valence-electron chi connectivity index (χ0n) is 13.6. The van der Waals surface area contributed by atoms with Crippen LogP contribution in [0.25, 0.3) is 0 Å². The number of hydrogen-bond acceptors (Lipinski definition) is 3. The van der Waals surface area contributed by atoms with Crippen molar-refractivity contribution in [2.45, 2.75) is 39.2 Å². The highest BCUT2D eigenvalue weighted by Gasteiger charge is 2.32. The van der Waals surface area contributed by atoms with Gasteiger partial charge in [-0.05, 0) is 31.9 Å². The van der Waals surface area contributed by atoms with Gasteiger partial charge in [0.15, 0.2) is 0 Å². The summed E-state index contributed by atoms with van der Waals surface area (Å²) in [4.78, 5) is 37.1. The first-order valence-corrected chi connectivity index (χ1v) is 7.92. The fourth-order valence-electron chi connectivity index (χ4n) is 2.24. The van der Waals surface area contributed by atoms with Crippen LogP contribution in [0.5, 0.6) is 0 Å². The van der Waals surface area contributed by atoms with Crippen molar-refractivity contribution in [3.05, 3.63) is 29.8 Å². The van der Waals surface area contributed by atoms with E-state index in [0.717, 1.165) is 18.4 Å². The molecule has 0 spiro atoms. The summed E-state index contributed by atoms with van der Waals surface area (Å²) in [6, 6.07) is 7.61. The molecule has 0 unspecified atom stereocenters. The molecule has 1 fully saturated rings. The molecule has 124 valence electrons. The summed E-state index contributed by atoms with van der Waals surface area (Å²) in [5.41, 5.74) is 1.80. The average Bonchev–Trinajstić information content (AvgIpc) is 3.37. The summed E-state index contributed by atoms with van der Waals surface area (Å²) in [7, 11) is 0. The molecule has 2 rings (SSSR count). The van der Waals surface area contributed by atoms with Crippen LogP contribution in [-0.4, -0.2) is 41.8 Å². The maximum atomic E-state index is 11.9. The molecular formula is C17H23N3O3. The zero-order valence-corrected chi connectivity index (χ0v) is 13.6. The van der Waals surface area contributed by atoms with Crippen LogP contribution in [0.4, 0.5) is 5.69 Å². The summed E-state index contributed by atoms with van der Waals surface area (Å²) in [5.74, 6) is -0.619. The normalized spacial score (nSPS) is 13.3. The number of hydrogen-bond donors (Lipinski definition) is 2. The van der Waals surface area contributed by atoms with Crippen LogP contribution in [0.1, 0.15) is 31.7 Å². The SMILES string of the molecule is CCC(=O)N(CC(=O)NCC(=O)Nc1ccc(C)cc1)C1CC1. The Bertz CT molecular complexity index is 579. The first-order chi connectivity index (χ1) is 11.0. The number of anilines is 1. The topological polar surface area (TPSA) is 78.5 Å². The van der Waals surface area contributed by atoms with Gasteiger partial charge in [-0.3, -0.25) is 14.4 Å². The molecular weight excluding hydrogens is 294 g/mol. The third-order valence-electron chi connectivity index (χ3n) is 3.71. The van der Waals surface area contributed by atoms with Gasteiger partial charge in [0.1, 0.15) is 0 Å². The molecule has 23 heavy (non-hydrogen) atoms. The van der Waals surface area contributed by atoms with Crippen LogP contribution < -0.4 is 10.6 Å². The monoisotopic (exact) mass is 317 g/mol. The van der Waals surface area contributed by atoms with Crippen molar-refractivity contribution in [1.29, 1.82) is 0 Å². The van der Waals surface area contributed by atoms with Crippen molar-refractivity contribution < 1.29 is 14.4 Å². The molecule has 0 aliphatic heterocycles. The molecule has 0 heterocycles. The minimum absolute atomic E-state index is 0.0215. The number of nitrogens with zero attached hydrogens (tertiary/aromatic N) is 1.